The summed E-state index contributed by atoms with van der Waals surface area (Å²) in [4.78, 5) is 17.2. The monoisotopic (exact) mass is 315 g/mol. The highest BCUT2D eigenvalue weighted by atomic mass is 32.2. The van der Waals surface area contributed by atoms with Crippen LogP contribution in [0.15, 0.2) is 45.5 Å². The van der Waals surface area contributed by atoms with Gasteiger partial charge in [0.25, 0.3) is 5.56 Å². The molecule has 0 saturated heterocycles. The van der Waals surface area contributed by atoms with Crippen LogP contribution in [0.25, 0.3) is 17.1 Å². The first-order valence-electron chi connectivity index (χ1n) is 6.53. The zero-order chi connectivity index (χ0) is 14.7. The molecule has 0 bridgehead atoms. The lowest BCUT2D eigenvalue weighted by Gasteiger charge is -1.94. The summed E-state index contributed by atoms with van der Waals surface area (Å²) >= 11 is 3.06. The average molecular weight is 315 g/mol. The van der Waals surface area contributed by atoms with Crippen LogP contribution >= 0.6 is 23.1 Å². The summed E-state index contributed by atoms with van der Waals surface area (Å²) in [5, 5.41) is 4.26. The zero-order valence-corrected chi connectivity index (χ0v) is 13.0. The van der Waals surface area contributed by atoms with Crippen LogP contribution in [-0.2, 0) is 0 Å². The maximum atomic E-state index is 12.1. The van der Waals surface area contributed by atoms with Crippen molar-refractivity contribution in [3.8, 4) is 0 Å². The molecule has 0 aliphatic heterocycles. The van der Waals surface area contributed by atoms with Gasteiger partial charge in [-0.1, -0.05) is 66.4 Å². The molecule has 2 aromatic heterocycles. The van der Waals surface area contributed by atoms with Gasteiger partial charge >= 0.3 is 0 Å². The Morgan fingerprint density at radius 3 is 2.86 bits per heavy atom. The topological polar surface area (TPSA) is 47.3 Å². The lowest BCUT2D eigenvalue weighted by atomic mass is 10.2. The summed E-state index contributed by atoms with van der Waals surface area (Å²) in [6.45, 7) is 2.06. The molecule has 0 amide bonds. The molecule has 4 nitrogen and oxygen atoms in total. The molecular formula is C15H13N3OS2. The van der Waals surface area contributed by atoms with Crippen LogP contribution in [0.3, 0.4) is 0 Å². The third kappa shape index (κ3) is 3.22. The Morgan fingerprint density at radius 1 is 1.29 bits per heavy atom. The van der Waals surface area contributed by atoms with Gasteiger partial charge in [0.15, 0.2) is 4.34 Å². The van der Waals surface area contributed by atoms with Crippen molar-refractivity contribution in [2.24, 2.45) is 0 Å². The second kappa shape index (κ2) is 6.24. The molecule has 0 unspecified atom stereocenters. The Bertz CT molecular complexity index is 837. The van der Waals surface area contributed by atoms with Gasteiger partial charge in [-0.25, -0.2) is 4.98 Å². The molecule has 106 valence electrons. The van der Waals surface area contributed by atoms with Gasteiger partial charge in [0.1, 0.15) is 0 Å². The first-order chi connectivity index (χ1) is 10.3. The lowest BCUT2D eigenvalue weighted by Crippen LogP contribution is -2.14. The highest BCUT2D eigenvalue weighted by Gasteiger charge is 2.07. The van der Waals surface area contributed by atoms with Crippen LogP contribution in [0.2, 0.25) is 0 Å². The average Bonchev–Trinajstić information content (AvgIpc) is 2.90. The Balaban J connectivity index is 1.96. The molecule has 0 spiro atoms. The summed E-state index contributed by atoms with van der Waals surface area (Å²) in [5.41, 5.74) is 1.58. The fraction of sp³-hybridized carbons (Fsp3) is 0.133. The maximum Gasteiger partial charge on any atom is 0.275 e. The van der Waals surface area contributed by atoms with E-state index in [9.17, 15) is 4.79 Å². The quantitative estimate of drug-likeness (QED) is 0.692. The number of hydrogen-bond acceptors (Lipinski definition) is 5. The maximum absolute atomic E-state index is 12.1. The number of hydrogen-bond donors (Lipinski definition) is 0. The smallest absolute Gasteiger partial charge is 0.267 e. The first kappa shape index (κ1) is 14.0. The Morgan fingerprint density at radius 2 is 2.10 bits per heavy atom. The van der Waals surface area contributed by atoms with Crippen molar-refractivity contribution in [1.29, 1.82) is 0 Å². The Labute approximate surface area is 130 Å². The highest BCUT2D eigenvalue weighted by Crippen LogP contribution is 2.22. The van der Waals surface area contributed by atoms with E-state index in [0.29, 0.717) is 10.7 Å². The van der Waals surface area contributed by atoms with Gasteiger partial charge in [-0.05, 0) is 17.4 Å². The molecule has 0 atom stereocenters. The van der Waals surface area contributed by atoms with Crippen LogP contribution in [-0.4, -0.2) is 20.4 Å². The minimum atomic E-state index is -0.146. The minimum absolute atomic E-state index is 0.146. The first-order valence-corrected chi connectivity index (χ1v) is 8.33. The largest absolute Gasteiger partial charge is 0.275 e. The van der Waals surface area contributed by atoms with E-state index in [1.807, 2.05) is 42.5 Å². The SMILES string of the molecule is CCSc1nn2c(=O)cc(/C=C/c3ccccc3)nc2s1. The van der Waals surface area contributed by atoms with Gasteiger partial charge < -0.3 is 0 Å². The summed E-state index contributed by atoms with van der Waals surface area (Å²) < 4.78 is 2.23. The third-order valence-electron chi connectivity index (χ3n) is 2.76. The van der Waals surface area contributed by atoms with Crippen LogP contribution in [0.1, 0.15) is 18.2 Å². The molecular weight excluding hydrogens is 302 g/mol. The van der Waals surface area contributed by atoms with Gasteiger partial charge in [0.05, 0.1) is 5.69 Å². The molecule has 0 aliphatic carbocycles. The standard InChI is InChI=1S/C15H13N3OS2/c1-2-20-15-17-18-13(19)10-12(16-14(18)21-15)9-8-11-6-4-3-5-7-11/h3-10H,2H2,1H3/b9-8+. The minimum Gasteiger partial charge on any atom is -0.267 e. The molecule has 21 heavy (non-hydrogen) atoms. The Hall–Kier alpha value is -1.92. The van der Waals surface area contributed by atoms with Crippen molar-refractivity contribution in [2.75, 3.05) is 5.75 Å². The van der Waals surface area contributed by atoms with E-state index >= 15 is 0 Å². The number of aromatic nitrogens is 3. The predicted octanol–water partition coefficient (Wildman–Crippen LogP) is 3.43. The molecule has 0 radical (unpaired) electrons. The molecule has 0 fully saturated rings. The molecule has 1 aromatic carbocycles. The predicted molar refractivity (Wildman–Crippen MR) is 88.9 cm³/mol. The van der Waals surface area contributed by atoms with Gasteiger partial charge in [-0.15, -0.1) is 5.10 Å². The number of nitrogens with zero attached hydrogens (tertiary/aromatic N) is 3. The normalized spacial score (nSPS) is 11.5. The van der Waals surface area contributed by atoms with Crippen molar-refractivity contribution >= 4 is 40.2 Å². The highest BCUT2D eigenvalue weighted by molar-refractivity contribution is 8.01. The van der Waals surface area contributed by atoms with E-state index in [2.05, 4.69) is 17.0 Å². The van der Waals surface area contributed by atoms with Crippen LogP contribution in [0.4, 0.5) is 0 Å². The van der Waals surface area contributed by atoms with Crippen LogP contribution < -0.4 is 5.56 Å². The van der Waals surface area contributed by atoms with Gasteiger partial charge in [0.2, 0.25) is 4.96 Å². The number of rotatable bonds is 4. The number of benzene rings is 1. The van der Waals surface area contributed by atoms with Crippen LogP contribution in [0, 0.1) is 0 Å². The number of thioether (sulfide) groups is 1. The molecule has 0 saturated carbocycles. The van der Waals surface area contributed by atoms with Crippen molar-refractivity contribution in [2.45, 2.75) is 11.3 Å². The van der Waals surface area contributed by atoms with Gasteiger partial charge in [0, 0.05) is 6.07 Å². The molecule has 0 aliphatic rings. The summed E-state index contributed by atoms with van der Waals surface area (Å²) in [6, 6.07) is 11.4. The Kier molecular flexibility index (Phi) is 4.17. The zero-order valence-electron chi connectivity index (χ0n) is 11.4. The summed E-state index contributed by atoms with van der Waals surface area (Å²) in [6.07, 6.45) is 3.80. The fourth-order valence-electron chi connectivity index (χ4n) is 1.82. The van der Waals surface area contributed by atoms with Crippen molar-refractivity contribution < 1.29 is 0 Å². The van der Waals surface area contributed by atoms with E-state index in [1.54, 1.807) is 11.8 Å². The summed E-state index contributed by atoms with van der Waals surface area (Å²) in [7, 11) is 0. The fourth-order valence-corrected chi connectivity index (χ4v) is 3.67. The number of fused-ring (bicyclic) bond motifs is 1. The molecule has 3 rings (SSSR count). The molecule has 3 aromatic rings. The van der Waals surface area contributed by atoms with Crippen molar-refractivity contribution in [1.82, 2.24) is 14.6 Å². The van der Waals surface area contributed by atoms with Gasteiger partial charge in [-0.3, -0.25) is 4.79 Å². The van der Waals surface area contributed by atoms with E-state index in [0.717, 1.165) is 15.7 Å². The van der Waals surface area contributed by atoms with E-state index < -0.39 is 0 Å². The van der Waals surface area contributed by atoms with Crippen LogP contribution in [0.5, 0.6) is 0 Å². The second-order valence-electron chi connectivity index (χ2n) is 4.26. The van der Waals surface area contributed by atoms with E-state index in [-0.39, 0.29) is 5.56 Å². The van der Waals surface area contributed by atoms with E-state index in [4.69, 9.17) is 0 Å². The summed E-state index contributed by atoms with van der Waals surface area (Å²) in [5.74, 6) is 0.926. The van der Waals surface area contributed by atoms with E-state index in [1.165, 1.54) is 21.9 Å². The molecule has 2 heterocycles. The molecule has 6 heteroatoms. The van der Waals surface area contributed by atoms with Crippen molar-refractivity contribution in [3.63, 3.8) is 0 Å². The third-order valence-corrected chi connectivity index (χ3v) is 4.68. The molecule has 0 N–H and O–H groups in total. The second-order valence-corrected chi connectivity index (χ2v) is 6.73. The van der Waals surface area contributed by atoms with Crippen molar-refractivity contribution in [3.05, 3.63) is 58.0 Å². The lowest BCUT2D eigenvalue weighted by molar-refractivity contribution is 0.856. The van der Waals surface area contributed by atoms with Gasteiger partial charge in [-0.2, -0.15) is 4.52 Å².